The summed E-state index contributed by atoms with van der Waals surface area (Å²) in [6.07, 6.45) is 4.74. The summed E-state index contributed by atoms with van der Waals surface area (Å²) >= 11 is 7.38. The molecule has 1 aliphatic heterocycles. The van der Waals surface area contributed by atoms with E-state index in [1.54, 1.807) is 0 Å². The number of H-pyrrole nitrogens is 1. The molecule has 1 aliphatic rings. The highest BCUT2D eigenvalue weighted by Crippen LogP contribution is 2.39. The predicted molar refractivity (Wildman–Crippen MR) is 71.5 cm³/mol. The Bertz CT molecular complexity index is 402. The first-order valence-corrected chi connectivity index (χ1v) is 7.32. The summed E-state index contributed by atoms with van der Waals surface area (Å²) in [5, 5.41) is 7.23. The van der Waals surface area contributed by atoms with Gasteiger partial charge in [0.2, 0.25) is 0 Å². The van der Waals surface area contributed by atoms with Gasteiger partial charge < -0.3 is 4.57 Å². The van der Waals surface area contributed by atoms with Crippen LogP contribution in [0.15, 0.2) is 0 Å². The van der Waals surface area contributed by atoms with Gasteiger partial charge in [-0.25, -0.2) is 0 Å². The normalized spacial score (nSPS) is 25.1. The molecule has 1 saturated heterocycles. The number of aromatic amines is 1. The van der Waals surface area contributed by atoms with E-state index in [1.807, 2.05) is 0 Å². The van der Waals surface area contributed by atoms with E-state index in [-0.39, 0.29) is 0 Å². The molecule has 0 spiro atoms. The maximum Gasteiger partial charge on any atom is 0.195 e. The van der Waals surface area contributed by atoms with Gasteiger partial charge in [0.1, 0.15) is 5.82 Å². The van der Waals surface area contributed by atoms with Crippen molar-refractivity contribution in [3.63, 3.8) is 0 Å². The van der Waals surface area contributed by atoms with Crippen LogP contribution < -0.4 is 0 Å². The van der Waals surface area contributed by atoms with E-state index in [0.29, 0.717) is 4.75 Å². The molecule has 2 heterocycles. The zero-order chi connectivity index (χ0) is 11.6. The van der Waals surface area contributed by atoms with Gasteiger partial charge in [-0.15, -0.1) is 0 Å². The molecule has 0 bridgehead atoms. The first-order chi connectivity index (χ1) is 7.64. The Morgan fingerprint density at radius 3 is 3.06 bits per heavy atom. The lowest BCUT2D eigenvalue weighted by Crippen LogP contribution is -2.25. The van der Waals surface area contributed by atoms with E-state index in [0.717, 1.165) is 30.0 Å². The van der Waals surface area contributed by atoms with Crippen LogP contribution >= 0.6 is 24.0 Å². The van der Waals surface area contributed by atoms with Gasteiger partial charge >= 0.3 is 0 Å². The van der Waals surface area contributed by atoms with Crippen LogP contribution in [-0.2, 0) is 13.0 Å². The zero-order valence-corrected chi connectivity index (χ0v) is 11.6. The zero-order valence-electron chi connectivity index (χ0n) is 9.95. The lowest BCUT2D eigenvalue weighted by atomic mass is 10.1. The van der Waals surface area contributed by atoms with E-state index in [2.05, 4.69) is 40.4 Å². The summed E-state index contributed by atoms with van der Waals surface area (Å²) in [6, 6.07) is 0. The third-order valence-corrected chi connectivity index (χ3v) is 4.94. The molecule has 1 atom stereocenters. The van der Waals surface area contributed by atoms with Crippen LogP contribution in [0.3, 0.4) is 0 Å². The van der Waals surface area contributed by atoms with Crippen LogP contribution in [0.1, 0.15) is 38.9 Å². The molecule has 16 heavy (non-hydrogen) atoms. The number of thioether (sulfide) groups is 1. The van der Waals surface area contributed by atoms with Crippen molar-refractivity contribution in [2.45, 2.75) is 50.8 Å². The molecule has 0 saturated carbocycles. The Labute approximate surface area is 106 Å². The predicted octanol–water partition coefficient (Wildman–Crippen LogP) is 3.18. The van der Waals surface area contributed by atoms with Crippen molar-refractivity contribution < 1.29 is 0 Å². The molecule has 1 fully saturated rings. The maximum atomic E-state index is 5.31. The van der Waals surface area contributed by atoms with Gasteiger partial charge in [0.25, 0.3) is 0 Å². The molecular weight excluding hydrogens is 238 g/mol. The summed E-state index contributed by atoms with van der Waals surface area (Å²) in [7, 11) is 0. The average molecular weight is 257 g/mol. The fraction of sp³-hybridized carbons (Fsp3) is 0.818. The smallest absolute Gasteiger partial charge is 0.195 e. The third kappa shape index (κ3) is 2.51. The molecule has 3 nitrogen and oxygen atoms in total. The Morgan fingerprint density at radius 2 is 2.44 bits per heavy atom. The van der Waals surface area contributed by atoms with Gasteiger partial charge in [-0.3, -0.25) is 5.10 Å². The van der Waals surface area contributed by atoms with E-state index >= 15 is 0 Å². The summed E-state index contributed by atoms with van der Waals surface area (Å²) in [4.78, 5) is 0. The Hall–Kier alpha value is -0.290. The molecule has 0 aromatic carbocycles. The fourth-order valence-electron chi connectivity index (χ4n) is 2.22. The highest BCUT2D eigenvalue weighted by atomic mass is 32.2. The lowest BCUT2D eigenvalue weighted by molar-refractivity contribution is 0.492. The van der Waals surface area contributed by atoms with Crippen LogP contribution in [0.4, 0.5) is 0 Å². The van der Waals surface area contributed by atoms with E-state index < -0.39 is 0 Å². The minimum absolute atomic E-state index is 0.352. The molecule has 5 heteroatoms. The van der Waals surface area contributed by atoms with Crippen molar-refractivity contribution in [2.75, 3.05) is 5.75 Å². The number of aromatic nitrogens is 3. The van der Waals surface area contributed by atoms with Crippen LogP contribution in [0.25, 0.3) is 0 Å². The van der Waals surface area contributed by atoms with Crippen molar-refractivity contribution in [3.05, 3.63) is 10.6 Å². The molecule has 1 aromatic rings. The van der Waals surface area contributed by atoms with Gasteiger partial charge in [0, 0.05) is 17.7 Å². The van der Waals surface area contributed by atoms with Crippen molar-refractivity contribution in [2.24, 2.45) is 0 Å². The number of nitrogens with one attached hydrogen (secondary N) is 1. The fourth-order valence-corrected chi connectivity index (χ4v) is 3.73. The summed E-state index contributed by atoms with van der Waals surface area (Å²) in [5.41, 5.74) is 0. The van der Waals surface area contributed by atoms with Crippen LogP contribution in [0.2, 0.25) is 0 Å². The molecule has 1 N–H and O–H groups in total. The molecule has 0 amide bonds. The molecule has 1 unspecified atom stereocenters. The second-order valence-electron chi connectivity index (χ2n) is 4.68. The van der Waals surface area contributed by atoms with Gasteiger partial charge in [0.05, 0.1) is 0 Å². The number of hydrogen-bond donors (Lipinski definition) is 1. The first kappa shape index (κ1) is 12.2. The second-order valence-corrected chi connectivity index (χ2v) is 6.75. The minimum Gasteiger partial charge on any atom is -0.303 e. The van der Waals surface area contributed by atoms with Gasteiger partial charge in [-0.05, 0) is 44.2 Å². The molecule has 0 radical (unpaired) electrons. The summed E-state index contributed by atoms with van der Waals surface area (Å²) < 4.78 is 3.32. The SMILES string of the molecule is CCCc1n[nH]c(=S)n1CC1(C)CCCS1. The average Bonchev–Trinajstić information content (AvgIpc) is 2.80. The summed E-state index contributed by atoms with van der Waals surface area (Å²) in [5.74, 6) is 2.39. The van der Waals surface area contributed by atoms with Crippen LogP contribution in [0.5, 0.6) is 0 Å². The van der Waals surface area contributed by atoms with Gasteiger partial charge in [-0.1, -0.05) is 6.92 Å². The molecule has 90 valence electrons. The van der Waals surface area contributed by atoms with E-state index in [9.17, 15) is 0 Å². The van der Waals surface area contributed by atoms with Crippen molar-refractivity contribution >= 4 is 24.0 Å². The Balaban J connectivity index is 2.19. The topological polar surface area (TPSA) is 33.6 Å². The van der Waals surface area contributed by atoms with Crippen molar-refractivity contribution in [1.82, 2.24) is 14.8 Å². The highest BCUT2D eigenvalue weighted by molar-refractivity contribution is 8.00. The minimum atomic E-state index is 0.352. The Morgan fingerprint density at radius 1 is 1.62 bits per heavy atom. The van der Waals surface area contributed by atoms with Gasteiger partial charge in [-0.2, -0.15) is 16.9 Å². The van der Waals surface area contributed by atoms with E-state index in [4.69, 9.17) is 12.2 Å². The standard InChI is InChI=1S/C11H19N3S2/c1-3-5-9-12-13-10(15)14(9)8-11(2)6-4-7-16-11/h3-8H2,1-2H3,(H,13,15). The second kappa shape index (κ2) is 4.92. The molecule has 0 aliphatic carbocycles. The maximum absolute atomic E-state index is 5.31. The number of aryl methyl sites for hydroxylation is 1. The van der Waals surface area contributed by atoms with E-state index in [1.165, 1.54) is 18.6 Å². The molecule has 2 rings (SSSR count). The van der Waals surface area contributed by atoms with Gasteiger partial charge in [0.15, 0.2) is 4.77 Å². The summed E-state index contributed by atoms with van der Waals surface area (Å²) in [6.45, 7) is 5.52. The van der Waals surface area contributed by atoms with Crippen LogP contribution in [-0.4, -0.2) is 25.3 Å². The lowest BCUT2D eigenvalue weighted by Gasteiger charge is -2.23. The third-order valence-electron chi connectivity index (χ3n) is 3.10. The number of nitrogens with zero attached hydrogens (tertiary/aromatic N) is 2. The van der Waals surface area contributed by atoms with Crippen molar-refractivity contribution in [1.29, 1.82) is 0 Å². The molecule has 1 aromatic heterocycles. The number of hydrogen-bond acceptors (Lipinski definition) is 3. The highest BCUT2D eigenvalue weighted by Gasteiger charge is 2.30. The largest absolute Gasteiger partial charge is 0.303 e. The molecular formula is C11H19N3S2. The Kier molecular flexibility index (Phi) is 3.74. The van der Waals surface area contributed by atoms with Crippen LogP contribution in [0, 0.1) is 4.77 Å². The first-order valence-electron chi connectivity index (χ1n) is 5.93. The number of rotatable bonds is 4. The van der Waals surface area contributed by atoms with Crippen molar-refractivity contribution in [3.8, 4) is 0 Å². The quantitative estimate of drug-likeness (QED) is 0.841. The monoisotopic (exact) mass is 257 g/mol.